The average molecular weight is 285 g/mol. The van der Waals surface area contributed by atoms with E-state index in [-0.39, 0.29) is 5.82 Å². The van der Waals surface area contributed by atoms with Gasteiger partial charge in [0.15, 0.2) is 0 Å². The number of hydrogen-bond acceptors (Lipinski definition) is 2. The largest absolute Gasteiger partial charge is 0.388 e. The Morgan fingerprint density at radius 3 is 1.95 bits per heavy atom. The smallest absolute Gasteiger partial charge is 0.123 e. The van der Waals surface area contributed by atoms with Crippen LogP contribution in [0, 0.1) is 5.82 Å². The predicted molar refractivity (Wildman–Crippen MR) is 86.9 cm³/mol. The van der Waals surface area contributed by atoms with Gasteiger partial charge in [-0.1, -0.05) is 46.2 Å². The number of benzene rings is 1. The zero-order chi connectivity index (χ0) is 15.8. The lowest BCUT2D eigenvalue weighted by molar-refractivity contribution is 0.277. The van der Waals surface area contributed by atoms with E-state index in [4.69, 9.17) is 0 Å². The summed E-state index contributed by atoms with van der Waals surface area (Å²) in [5, 5.41) is 3.29. The van der Waals surface area contributed by atoms with Gasteiger partial charge in [-0.05, 0) is 43.1 Å². The van der Waals surface area contributed by atoms with Crippen molar-refractivity contribution in [3.8, 4) is 0 Å². The van der Waals surface area contributed by atoms with Crippen LogP contribution in [0.4, 0.5) is 4.39 Å². The zero-order valence-corrected chi connectivity index (χ0v) is 14.0. The van der Waals surface area contributed by atoms with Gasteiger partial charge in [0.05, 0.1) is 0 Å². The molecule has 118 valence electrons. The minimum atomic E-state index is -0.160. The number of halogens is 1. The molecule has 0 spiro atoms. The highest BCUT2D eigenvalue weighted by Gasteiger charge is 2.04. The molecule has 1 rings (SSSR count). The van der Waals surface area contributed by atoms with Crippen LogP contribution in [0.5, 0.6) is 0 Å². The van der Waals surface area contributed by atoms with Gasteiger partial charge in [0.1, 0.15) is 5.82 Å². The van der Waals surface area contributed by atoms with Gasteiger partial charge in [0.25, 0.3) is 0 Å². The van der Waals surface area contributed by atoms with Gasteiger partial charge < -0.3 is 10.1 Å². The Labute approximate surface area is 124 Å². The van der Waals surface area contributed by atoms with E-state index in [1.165, 1.54) is 24.1 Å². The van der Waals surface area contributed by atoms with Crippen molar-refractivity contribution < 1.29 is 9.13 Å². The van der Waals surface area contributed by atoms with Gasteiger partial charge in [0, 0.05) is 14.2 Å². The highest BCUT2D eigenvalue weighted by atomic mass is 19.1. The molecule has 20 heavy (non-hydrogen) atoms. The fourth-order valence-corrected chi connectivity index (χ4v) is 1.45. The molecule has 0 aliphatic carbocycles. The van der Waals surface area contributed by atoms with Crippen LogP contribution in [-0.2, 0) is 4.74 Å². The molecule has 0 radical (unpaired) electrons. The summed E-state index contributed by atoms with van der Waals surface area (Å²) < 4.78 is 16.9. The summed E-state index contributed by atoms with van der Waals surface area (Å²) >= 11 is 0. The fraction of sp³-hybridized carbons (Fsp3) is 0.647. The Morgan fingerprint density at radius 1 is 1.10 bits per heavy atom. The molecule has 2 nitrogen and oxygen atoms in total. The summed E-state index contributed by atoms with van der Waals surface area (Å²) in [7, 11) is 3.25. The number of hydrogen-bond donors (Lipinski definition) is 1. The van der Waals surface area contributed by atoms with Crippen LogP contribution in [0.15, 0.2) is 24.3 Å². The standard InChI is InChI=1S/C12H18FN.C3H8.C2H6O/c1-3-14-9-8-10(2)11-4-6-12(13)7-5-11;2*1-3-2/h4-7,10,14H,3,8-9H2,1-2H3;3H2,1-2H3;1-2H3. The molecule has 0 amide bonds. The molecule has 0 bridgehead atoms. The summed E-state index contributed by atoms with van der Waals surface area (Å²) in [6, 6.07) is 6.79. The summed E-state index contributed by atoms with van der Waals surface area (Å²) in [4.78, 5) is 0. The monoisotopic (exact) mass is 285 g/mol. The van der Waals surface area contributed by atoms with Crippen LogP contribution in [0.2, 0.25) is 0 Å². The number of rotatable bonds is 5. The molecule has 0 heterocycles. The van der Waals surface area contributed by atoms with Crippen molar-refractivity contribution in [2.45, 2.75) is 46.5 Å². The third kappa shape index (κ3) is 13.5. The molecule has 0 aromatic heterocycles. The Bertz CT molecular complexity index is 286. The van der Waals surface area contributed by atoms with Crippen molar-refractivity contribution in [3.05, 3.63) is 35.6 Å². The van der Waals surface area contributed by atoms with Crippen LogP contribution in [0.3, 0.4) is 0 Å². The van der Waals surface area contributed by atoms with E-state index in [9.17, 15) is 4.39 Å². The second-order valence-electron chi connectivity index (χ2n) is 4.71. The maximum Gasteiger partial charge on any atom is 0.123 e. The van der Waals surface area contributed by atoms with Gasteiger partial charge in [-0.3, -0.25) is 0 Å². The Hall–Kier alpha value is -0.930. The molecule has 1 aromatic rings. The number of ether oxygens (including phenoxy) is 1. The first kappa shape index (κ1) is 21.4. The third-order valence-corrected chi connectivity index (χ3v) is 2.44. The molecule has 0 fully saturated rings. The minimum absolute atomic E-state index is 0.160. The van der Waals surface area contributed by atoms with Crippen molar-refractivity contribution in [2.24, 2.45) is 0 Å². The first-order valence-corrected chi connectivity index (χ1v) is 7.43. The second-order valence-corrected chi connectivity index (χ2v) is 4.71. The molecular formula is C17H32FNO. The number of methoxy groups -OCH3 is 1. The molecule has 1 unspecified atom stereocenters. The fourth-order valence-electron chi connectivity index (χ4n) is 1.45. The Balaban J connectivity index is 0. The molecule has 1 N–H and O–H groups in total. The molecule has 0 saturated heterocycles. The van der Waals surface area contributed by atoms with Crippen LogP contribution in [0.1, 0.15) is 52.0 Å². The zero-order valence-electron chi connectivity index (χ0n) is 14.0. The van der Waals surface area contributed by atoms with E-state index >= 15 is 0 Å². The molecule has 3 heteroatoms. The van der Waals surface area contributed by atoms with Gasteiger partial charge >= 0.3 is 0 Å². The SMILES string of the molecule is CCC.CCNCCC(C)c1ccc(F)cc1.COC. The topological polar surface area (TPSA) is 21.3 Å². The Morgan fingerprint density at radius 2 is 1.55 bits per heavy atom. The van der Waals surface area contributed by atoms with E-state index in [0.717, 1.165) is 19.5 Å². The molecule has 1 atom stereocenters. The lowest BCUT2D eigenvalue weighted by atomic mass is 9.98. The van der Waals surface area contributed by atoms with E-state index in [2.05, 4.69) is 37.7 Å². The van der Waals surface area contributed by atoms with E-state index < -0.39 is 0 Å². The number of nitrogens with one attached hydrogen (secondary N) is 1. The van der Waals surface area contributed by atoms with Gasteiger partial charge in [-0.2, -0.15) is 0 Å². The minimum Gasteiger partial charge on any atom is -0.388 e. The second kappa shape index (κ2) is 16.1. The lowest BCUT2D eigenvalue weighted by Gasteiger charge is -2.11. The van der Waals surface area contributed by atoms with Crippen molar-refractivity contribution in [3.63, 3.8) is 0 Å². The summed E-state index contributed by atoms with van der Waals surface area (Å²) in [5.41, 5.74) is 1.21. The lowest BCUT2D eigenvalue weighted by Crippen LogP contribution is -2.15. The maximum atomic E-state index is 12.6. The van der Waals surface area contributed by atoms with E-state index in [0.29, 0.717) is 5.92 Å². The van der Waals surface area contributed by atoms with Crippen molar-refractivity contribution >= 4 is 0 Å². The van der Waals surface area contributed by atoms with Crippen molar-refractivity contribution in [1.82, 2.24) is 5.32 Å². The molecular weight excluding hydrogens is 253 g/mol. The highest BCUT2D eigenvalue weighted by Crippen LogP contribution is 2.18. The molecule has 0 aliphatic rings. The van der Waals surface area contributed by atoms with Crippen molar-refractivity contribution in [2.75, 3.05) is 27.3 Å². The molecule has 0 saturated carbocycles. The summed E-state index contributed by atoms with van der Waals surface area (Å²) in [5.74, 6) is 0.335. The van der Waals surface area contributed by atoms with Crippen LogP contribution >= 0.6 is 0 Å². The summed E-state index contributed by atoms with van der Waals surface area (Å²) in [6.07, 6.45) is 2.35. The first-order valence-electron chi connectivity index (χ1n) is 7.43. The third-order valence-electron chi connectivity index (χ3n) is 2.44. The molecule has 1 aromatic carbocycles. The average Bonchev–Trinajstić information content (AvgIpc) is 2.41. The van der Waals surface area contributed by atoms with Crippen LogP contribution in [0.25, 0.3) is 0 Å². The summed E-state index contributed by atoms with van der Waals surface area (Å²) in [6.45, 7) is 10.6. The normalized spacial score (nSPS) is 10.8. The maximum absolute atomic E-state index is 12.6. The Kier molecular flexibility index (Phi) is 17.2. The first-order chi connectivity index (χ1) is 9.56. The van der Waals surface area contributed by atoms with Gasteiger partial charge in [0.2, 0.25) is 0 Å². The van der Waals surface area contributed by atoms with Crippen LogP contribution in [-0.4, -0.2) is 27.3 Å². The van der Waals surface area contributed by atoms with E-state index in [1.807, 2.05) is 12.1 Å². The van der Waals surface area contributed by atoms with Gasteiger partial charge in [-0.15, -0.1) is 0 Å². The predicted octanol–water partition coefficient (Wildman–Crippen LogP) is 4.61. The van der Waals surface area contributed by atoms with Gasteiger partial charge in [-0.25, -0.2) is 4.39 Å². The highest BCUT2D eigenvalue weighted by molar-refractivity contribution is 5.19. The van der Waals surface area contributed by atoms with Crippen molar-refractivity contribution in [1.29, 1.82) is 0 Å². The van der Waals surface area contributed by atoms with E-state index in [1.54, 1.807) is 14.2 Å². The van der Waals surface area contributed by atoms with Crippen LogP contribution < -0.4 is 5.32 Å². The molecule has 0 aliphatic heterocycles. The quantitative estimate of drug-likeness (QED) is 0.798.